The van der Waals surface area contributed by atoms with Gasteiger partial charge in [0.05, 0.1) is 4.91 Å². The fourth-order valence-corrected chi connectivity index (χ4v) is 4.67. The van der Waals surface area contributed by atoms with E-state index in [9.17, 15) is 14.4 Å². The first-order chi connectivity index (χ1) is 15.1. The molecule has 160 valence electrons. The maximum atomic E-state index is 12.6. The number of piperidine rings is 1. The average molecular weight is 436 g/mol. The molecule has 4 rings (SSSR count). The molecule has 2 aliphatic heterocycles. The molecule has 2 saturated heterocycles. The first-order valence-corrected chi connectivity index (χ1v) is 11.3. The summed E-state index contributed by atoms with van der Waals surface area (Å²) >= 11 is 0.878. The molecule has 0 radical (unpaired) electrons. The van der Waals surface area contributed by atoms with Gasteiger partial charge in [0.25, 0.3) is 11.1 Å². The van der Waals surface area contributed by atoms with Crippen LogP contribution in [0.2, 0.25) is 0 Å². The maximum Gasteiger partial charge on any atom is 0.294 e. The molecule has 31 heavy (non-hydrogen) atoms. The summed E-state index contributed by atoms with van der Waals surface area (Å²) in [5.74, 6) is -0.698. The van der Waals surface area contributed by atoms with Crippen LogP contribution in [0.5, 0.6) is 0 Å². The molecule has 0 saturated carbocycles. The second-order valence-corrected chi connectivity index (χ2v) is 8.78. The average Bonchev–Trinajstić information content (AvgIpc) is 3.04. The van der Waals surface area contributed by atoms with Crippen molar-refractivity contribution in [1.29, 1.82) is 0 Å². The SMILES string of the molecule is O=C(CN1C(=O)S/C(=C/c2ccccc2)C1=O)NC1CCN(Cc2ccccc2)CC1. The molecular weight excluding hydrogens is 410 g/mol. The zero-order valence-electron chi connectivity index (χ0n) is 17.2. The minimum atomic E-state index is -0.410. The Labute approximate surface area is 186 Å². The zero-order valence-corrected chi connectivity index (χ0v) is 18.0. The lowest BCUT2D eigenvalue weighted by atomic mass is 10.0. The number of rotatable bonds is 6. The quantitative estimate of drug-likeness (QED) is 0.704. The van der Waals surface area contributed by atoms with E-state index < -0.39 is 11.1 Å². The highest BCUT2D eigenvalue weighted by molar-refractivity contribution is 8.18. The lowest BCUT2D eigenvalue weighted by Crippen LogP contribution is -2.47. The monoisotopic (exact) mass is 435 g/mol. The highest BCUT2D eigenvalue weighted by atomic mass is 32.2. The molecule has 0 aliphatic carbocycles. The van der Waals surface area contributed by atoms with Crippen LogP contribution in [-0.2, 0) is 16.1 Å². The first kappa shape index (κ1) is 21.3. The van der Waals surface area contributed by atoms with Crippen LogP contribution in [0.1, 0.15) is 24.0 Å². The van der Waals surface area contributed by atoms with E-state index >= 15 is 0 Å². The van der Waals surface area contributed by atoms with Crippen LogP contribution in [0.15, 0.2) is 65.6 Å². The Morgan fingerprint density at radius 1 is 1.00 bits per heavy atom. The summed E-state index contributed by atoms with van der Waals surface area (Å²) in [4.78, 5) is 41.1. The van der Waals surface area contributed by atoms with Crippen LogP contribution in [0, 0.1) is 0 Å². The van der Waals surface area contributed by atoms with Gasteiger partial charge in [0.15, 0.2) is 0 Å². The van der Waals surface area contributed by atoms with Gasteiger partial charge >= 0.3 is 0 Å². The van der Waals surface area contributed by atoms with E-state index in [1.165, 1.54) is 5.56 Å². The molecule has 0 bridgehead atoms. The highest BCUT2D eigenvalue weighted by Crippen LogP contribution is 2.32. The van der Waals surface area contributed by atoms with E-state index in [1.54, 1.807) is 6.08 Å². The van der Waals surface area contributed by atoms with Crippen LogP contribution in [-0.4, -0.2) is 52.5 Å². The number of thioether (sulfide) groups is 1. The van der Waals surface area contributed by atoms with Crippen LogP contribution < -0.4 is 5.32 Å². The summed E-state index contributed by atoms with van der Waals surface area (Å²) < 4.78 is 0. The van der Waals surface area contributed by atoms with E-state index in [2.05, 4.69) is 22.3 Å². The molecule has 0 atom stereocenters. The third kappa shape index (κ3) is 5.62. The number of hydrogen-bond donors (Lipinski definition) is 1. The lowest BCUT2D eigenvalue weighted by molar-refractivity contribution is -0.129. The van der Waals surface area contributed by atoms with E-state index in [0.717, 1.165) is 54.7 Å². The van der Waals surface area contributed by atoms with Crippen molar-refractivity contribution in [1.82, 2.24) is 15.1 Å². The fourth-order valence-electron chi connectivity index (χ4n) is 3.83. The molecule has 6 nitrogen and oxygen atoms in total. The topological polar surface area (TPSA) is 69.7 Å². The Balaban J connectivity index is 1.26. The summed E-state index contributed by atoms with van der Waals surface area (Å²) in [6.07, 6.45) is 3.40. The Bertz CT molecular complexity index is 970. The summed E-state index contributed by atoms with van der Waals surface area (Å²) in [5, 5.41) is 2.59. The molecule has 2 fully saturated rings. The van der Waals surface area contributed by atoms with Crippen molar-refractivity contribution in [2.45, 2.75) is 25.4 Å². The predicted octanol–water partition coefficient (Wildman–Crippen LogP) is 3.50. The molecule has 2 heterocycles. The number of amides is 3. The molecule has 7 heteroatoms. The summed E-state index contributed by atoms with van der Waals surface area (Å²) in [6.45, 7) is 2.48. The van der Waals surface area contributed by atoms with E-state index in [-0.39, 0.29) is 18.5 Å². The standard InChI is InChI=1S/C24H25N3O3S/c28-22(25-20-11-13-26(14-12-20)16-19-9-5-2-6-10-19)17-27-23(29)21(31-24(27)30)15-18-7-3-1-4-8-18/h1-10,15,20H,11-14,16-17H2,(H,25,28)/b21-15+. The zero-order chi connectivity index (χ0) is 21.6. The molecule has 2 aromatic rings. The van der Waals surface area contributed by atoms with E-state index in [1.807, 2.05) is 48.5 Å². The number of imide groups is 1. The number of benzene rings is 2. The molecule has 0 aromatic heterocycles. The van der Waals surface area contributed by atoms with Crippen molar-refractivity contribution < 1.29 is 14.4 Å². The number of nitrogens with zero attached hydrogens (tertiary/aromatic N) is 2. The van der Waals surface area contributed by atoms with Gasteiger partial charge in [-0.3, -0.25) is 24.2 Å². The van der Waals surface area contributed by atoms with Crippen molar-refractivity contribution in [3.63, 3.8) is 0 Å². The Hall–Kier alpha value is -2.90. The summed E-state index contributed by atoms with van der Waals surface area (Å²) in [5.41, 5.74) is 2.13. The van der Waals surface area contributed by atoms with Gasteiger partial charge in [-0.25, -0.2) is 0 Å². The van der Waals surface area contributed by atoms with E-state index in [0.29, 0.717) is 4.91 Å². The summed E-state index contributed by atoms with van der Waals surface area (Å²) in [7, 11) is 0. The van der Waals surface area contributed by atoms with Gasteiger partial charge in [-0.1, -0.05) is 60.7 Å². The van der Waals surface area contributed by atoms with Crippen molar-refractivity contribution in [2.24, 2.45) is 0 Å². The molecule has 2 aliphatic rings. The first-order valence-electron chi connectivity index (χ1n) is 10.4. The molecule has 0 spiro atoms. The second kappa shape index (κ2) is 9.94. The molecular formula is C24H25N3O3S. The summed E-state index contributed by atoms with van der Waals surface area (Å²) in [6, 6.07) is 19.8. The lowest BCUT2D eigenvalue weighted by Gasteiger charge is -2.32. The minimum absolute atomic E-state index is 0.0688. The number of hydrogen-bond acceptors (Lipinski definition) is 5. The third-order valence-corrected chi connectivity index (χ3v) is 6.38. The smallest absolute Gasteiger partial charge is 0.294 e. The predicted molar refractivity (Wildman–Crippen MR) is 122 cm³/mol. The maximum absolute atomic E-state index is 12.6. The van der Waals surface area contributed by atoms with Crippen molar-refractivity contribution in [2.75, 3.05) is 19.6 Å². The van der Waals surface area contributed by atoms with Gasteiger partial charge in [-0.15, -0.1) is 0 Å². The fraction of sp³-hybridized carbons (Fsp3) is 0.292. The van der Waals surface area contributed by atoms with Gasteiger partial charge < -0.3 is 5.32 Å². The van der Waals surface area contributed by atoms with Gasteiger partial charge in [-0.2, -0.15) is 0 Å². The molecule has 1 N–H and O–H groups in total. The normalized spacial score (nSPS) is 19.2. The third-order valence-electron chi connectivity index (χ3n) is 5.47. The number of carbonyl (C=O) groups is 3. The Kier molecular flexibility index (Phi) is 6.84. The van der Waals surface area contributed by atoms with Crippen molar-refractivity contribution >= 4 is 34.9 Å². The number of nitrogens with one attached hydrogen (secondary N) is 1. The van der Waals surface area contributed by atoms with Crippen LogP contribution in [0.4, 0.5) is 4.79 Å². The van der Waals surface area contributed by atoms with Gasteiger partial charge in [0, 0.05) is 25.7 Å². The molecule has 2 aromatic carbocycles. The van der Waals surface area contributed by atoms with Gasteiger partial charge in [0.1, 0.15) is 6.54 Å². The number of likely N-dealkylation sites (tertiary alicyclic amines) is 1. The molecule has 3 amide bonds. The Morgan fingerprint density at radius 2 is 1.65 bits per heavy atom. The van der Waals surface area contributed by atoms with Crippen molar-refractivity contribution in [3.05, 3.63) is 76.7 Å². The van der Waals surface area contributed by atoms with Gasteiger partial charge in [0.2, 0.25) is 5.91 Å². The number of carbonyl (C=O) groups excluding carboxylic acids is 3. The van der Waals surface area contributed by atoms with Crippen molar-refractivity contribution in [3.8, 4) is 0 Å². The van der Waals surface area contributed by atoms with Crippen LogP contribution >= 0.6 is 11.8 Å². The highest BCUT2D eigenvalue weighted by Gasteiger charge is 2.36. The largest absolute Gasteiger partial charge is 0.352 e. The van der Waals surface area contributed by atoms with Crippen LogP contribution in [0.3, 0.4) is 0 Å². The second-order valence-electron chi connectivity index (χ2n) is 7.78. The van der Waals surface area contributed by atoms with Gasteiger partial charge in [-0.05, 0) is 41.8 Å². The minimum Gasteiger partial charge on any atom is -0.352 e. The van der Waals surface area contributed by atoms with E-state index in [4.69, 9.17) is 0 Å². The Morgan fingerprint density at radius 3 is 2.32 bits per heavy atom. The molecule has 0 unspecified atom stereocenters. The van der Waals surface area contributed by atoms with Crippen LogP contribution in [0.25, 0.3) is 6.08 Å².